The van der Waals surface area contributed by atoms with Crippen molar-refractivity contribution in [2.75, 3.05) is 0 Å². The van der Waals surface area contributed by atoms with Crippen molar-refractivity contribution in [3.8, 4) is 12.3 Å². The number of allylic oxidation sites excluding steroid dienone is 1. The van der Waals surface area contributed by atoms with Crippen molar-refractivity contribution < 1.29 is 19.4 Å². The summed E-state index contributed by atoms with van der Waals surface area (Å²) >= 11 is 0. The van der Waals surface area contributed by atoms with E-state index in [4.69, 9.17) is 15.9 Å². The van der Waals surface area contributed by atoms with Crippen molar-refractivity contribution in [1.82, 2.24) is 0 Å². The van der Waals surface area contributed by atoms with Gasteiger partial charge in [0.25, 0.3) is 0 Å². The van der Waals surface area contributed by atoms with E-state index in [9.17, 15) is 9.90 Å². The molecule has 6 atom stereocenters. The van der Waals surface area contributed by atoms with E-state index in [0.717, 1.165) is 23.1 Å². The maximum atomic E-state index is 12.4. The Balaban J connectivity index is 1.72. The lowest BCUT2D eigenvalue weighted by atomic mass is 9.71. The molecule has 0 bridgehead atoms. The SMILES string of the molecule is C#CCC(CC1=C2C(=O)O[C@H]3C[C@@](C)(O)[C@@]4(O[C@H]4C1)[C@@H]23)C(=C)C. The molecule has 1 saturated carbocycles. The molecule has 2 saturated heterocycles. The Kier molecular flexibility index (Phi) is 2.93. The molecule has 23 heavy (non-hydrogen) atoms. The second kappa shape index (κ2) is 4.49. The summed E-state index contributed by atoms with van der Waals surface area (Å²) in [5.74, 6) is 2.51. The number of rotatable bonds is 4. The molecule has 0 aromatic heterocycles. The van der Waals surface area contributed by atoms with Crippen LogP contribution in [0.2, 0.25) is 0 Å². The van der Waals surface area contributed by atoms with Crippen LogP contribution in [0.25, 0.3) is 0 Å². The summed E-state index contributed by atoms with van der Waals surface area (Å²) in [4.78, 5) is 12.4. The molecule has 1 unspecified atom stereocenters. The molecule has 0 aromatic carbocycles. The molecule has 4 nitrogen and oxygen atoms in total. The average Bonchev–Trinajstić information content (AvgIpc) is 3.06. The van der Waals surface area contributed by atoms with Crippen molar-refractivity contribution in [3.63, 3.8) is 0 Å². The van der Waals surface area contributed by atoms with E-state index in [1.54, 1.807) is 6.92 Å². The van der Waals surface area contributed by atoms with Crippen molar-refractivity contribution in [2.24, 2.45) is 11.8 Å². The number of esters is 1. The number of terminal acetylenes is 1. The van der Waals surface area contributed by atoms with Crippen LogP contribution in [0.1, 0.15) is 39.5 Å². The summed E-state index contributed by atoms with van der Waals surface area (Å²) in [6.45, 7) is 7.81. The van der Waals surface area contributed by atoms with Crippen molar-refractivity contribution >= 4 is 5.97 Å². The molecule has 122 valence electrons. The molecule has 0 aromatic rings. The standard InChI is InChI=1S/C19H22O4/c1-5-6-11(10(2)3)7-12-8-14-19(23-14)16-13(9-18(19,4)21)22-17(20)15(12)16/h1,11,13-14,16,21H,2,6-9H2,3-4H3/t11?,13-,14-,16+,18+,19-/m0/s1. The monoisotopic (exact) mass is 314 g/mol. The third kappa shape index (κ3) is 1.78. The Hall–Kier alpha value is -1.57. The number of aliphatic hydroxyl groups is 1. The fourth-order valence-electron chi connectivity index (χ4n) is 5.01. The second-order valence-corrected chi connectivity index (χ2v) is 7.68. The molecule has 0 amide bonds. The first-order valence-corrected chi connectivity index (χ1v) is 8.23. The Morgan fingerprint density at radius 2 is 2.35 bits per heavy atom. The van der Waals surface area contributed by atoms with Crippen LogP contribution in [0.5, 0.6) is 0 Å². The highest BCUT2D eigenvalue weighted by molar-refractivity contribution is 5.94. The van der Waals surface area contributed by atoms with Crippen LogP contribution in [-0.4, -0.2) is 34.5 Å². The van der Waals surface area contributed by atoms with E-state index in [-0.39, 0.29) is 30.0 Å². The molecular weight excluding hydrogens is 292 g/mol. The number of hydrogen-bond donors (Lipinski definition) is 1. The van der Waals surface area contributed by atoms with E-state index in [2.05, 4.69) is 12.5 Å². The van der Waals surface area contributed by atoms with Crippen LogP contribution < -0.4 is 0 Å². The van der Waals surface area contributed by atoms with Gasteiger partial charge in [0.2, 0.25) is 0 Å². The van der Waals surface area contributed by atoms with Crippen molar-refractivity contribution in [1.29, 1.82) is 0 Å². The van der Waals surface area contributed by atoms with Crippen LogP contribution in [0, 0.1) is 24.2 Å². The zero-order valence-electron chi connectivity index (χ0n) is 13.6. The number of ether oxygens (including phenoxy) is 2. The van der Waals surface area contributed by atoms with Gasteiger partial charge in [-0.15, -0.1) is 12.3 Å². The lowest BCUT2D eigenvalue weighted by Crippen LogP contribution is -2.45. The molecule has 2 heterocycles. The van der Waals surface area contributed by atoms with Crippen molar-refractivity contribution in [3.05, 3.63) is 23.3 Å². The van der Waals surface area contributed by atoms with Gasteiger partial charge in [-0.25, -0.2) is 4.79 Å². The predicted octanol–water partition coefficient (Wildman–Crippen LogP) is 2.13. The summed E-state index contributed by atoms with van der Waals surface area (Å²) in [6, 6.07) is 0. The predicted molar refractivity (Wildman–Crippen MR) is 84.2 cm³/mol. The van der Waals surface area contributed by atoms with Gasteiger partial charge in [-0.3, -0.25) is 0 Å². The maximum Gasteiger partial charge on any atom is 0.334 e. The number of carbonyl (C=O) groups is 1. The Morgan fingerprint density at radius 3 is 3.00 bits per heavy atom. The minimum Gasteiger partial charge on any atom is -0.458 e. The molecule has 4 heteroatoms. The van der Waals surface area contributed by atoms with E-state index in [1.807, 2.05) is 6.92 Å². The highest BCUT2D eigenvalue weighted by atomic mass is 16.6. The normalized spacial score (nSPS) is 44.3. The summed E-state index contributed by atoms with van der Waals surface area (Å²) < 4.78 is 11.5. The topological polar surface area (TPSA) is 59.1 Å². The van der Waals surface area contributed by atoms with Crippen LogP contribution in [0.4, 0.5) is 0 Å². The zero-order chi connectivity index (χ0) is 16.6. The van der Waals surface area contributed by atoms with Gasteiger partial charge in [0, 0.05) is 18.4 Å². The van der Waals surface area contributed by atoms with E-state index < -0.39 is 11.2 Å². The first-order chi connectivity index (χ1) is 10.8. The number of carbonyl (C=O) groups excluding carboxylic acids is 1. The lowest BCUT2D eigenvalue weighted by Gasteiger charge is -2.30. The summed E-state index contributed by atoms with van der Waals surface area (Å²) in [5, 5.41) is 10.8. The highest BCUT2D eigenvalue weighted by Gasteiger charge is 2.81. The van der Waals surface area contributed by atoms with Gasteiger partial charge in [0.15, 0.2) is 0 Å². The largest absolute Gasteiger partial charge is 0.458 e. The van der Waals surface area contributed by atoms with Gasteiger partial charge in [-0.05, 0) is 32.6 Å². The van der Waals surface area contributed by atoms with Crippen LogP contribution >= 0.6 is 0 Å². The van der Waals surface area contributed by atoms with Gasteiger partial charge in [-0.1, -0.05) is 17.7 Å². The quantitative estimate of drug-likeness (QED) is 0.374. The molecule has 3 fully saturated rings. The third-order valence-electron chi connectivity index (χ3n) is 6.19. The number of hydrogen-bond acceptors (Lipinski definition) is 4. The molecular formula is C19H22O4. The van der Waals surface area contributed by atoms with Crippen molar-refractivity contribution in [2.45, 2.75) is 62.9 Å². The van der Waals surface area contributed by atoms with Crippen LogP contribution in [0.3, 0.4) is 0 Å². The maximum absolute atomic E-state index is 12.4. The first kappa shape index (κ1) is 15.0. The number of epoxide rings is 1. The average molecular weight is 314 g/mol. The zero-order valence-corrected chi connectivity index (χ0v) is 13.6. The van der Waals surface area contributed by atoms with Gasteiger partial charge in [-0.2, -0.15) is 0 Å². The lowest BCUT2D eigenvalue weighted by molar-refractivity contribution is -0.140. The minimum absolute atomic E-state index is 0.0163. The molecule has 2 aliphatic carbocycles. The summed E-state index contributed by atoms with van der Waals surface area (Å²) in [7, 11) is 0. The van der Waals surface area contributed by atoms with Gasteiger partial charge in [0.05, 0.1) is 17.6 Å². The Morgan fingerprint density at radius 1 is 1.61 bits per heavy atom. The molecule has 0 radical (unpaired) electrons. The van der Waals surface area contributed by atoms with Crippen LogP contribution in [-0.2, 0) is 14.3 Å². The molecule has 2 aliphatic heterocycles. The summed E-state index contributed by atoms with van der Waals surface area (Å²) in [6.07, 6.45) is 7.67. The first-order valence-electron chi connectivity index (χ1n) is 8.23. The Labute approximate surface area is 136 Å². The van der Waals surface area contributed by atoms with E-state index in [1.165, 1.54) is 0 Å². The third-order valence-corrected chi connectivity index (χ3v) is 6.19. The summed E-state index contributed by atoms with van der Waals surface area (Å²) in [5.41, 5.74) is 1.31. The highest BCUT2D eigenvalue weighted by Crippen LogP contribution is 2.68. The van der Waals surface area contributed by atoms with E-state index >= 15 is 0 Å². The van der Waals surface area contributed by atoms with E-state index in [0.29, 0.717) is 19.3 Å². The second-order valence-electron chi connectivity index (χ2n) is 7.68. The molecule has 4 rings (SSSR count). The van der Waals surface area contributed by atoms with Gasteiger partial charge < -0.3 is 14.6 Å². The smallest absolute Gasteiger partial charge is 0.334 e. The fraction of sp³-hybridized carbons (Fsp3) is 0.632. The minimum atomic E-state index is -0.933. The Bertz CT molecular complexity index is 680. The molecule has 1 N–H and O–H groups in total. The molecule has 1 spiro atoms. The molecule has 4 aliphatic rings. The van der Waals surface area contributed by atoms with Gasteiger partial charge in [0.1, 0.15) is 11.7 Å². The van der Waals surface area contributed by atoms with Crippen LogP contribution in [0.15, 0.2) is 23.3 Å². The van der Waals surface area contributed by atoms with Gasteiger partial charge >= 0.3 is 5.97 Å². The fourth-order valence-corrected chi connectivity index (χ4v) is 5.01.